The summed E-state index contributed by atoms with van der Waals surface area (Å²) in [6.07, 6.45) is 0. The van der Waals surface area contributed by atoms with Crippen molar-refractivity contribution in [1.82, 2.24) is 9.88 Å². The molecule has 142 valence electrons. The lowest BCUT2D eigenvalue weighted by atomic mass is 9.74. The molecule has 0 saturated carbocycles. The van der Waals surface area contributed by atoms with E-state index in [1.165, 1.54) is 6.07 Å². The second-order valence-corrected chi connectivity index (χ2v) is 7.68. The second-order valence-electron chi connectivity index (χ2n) is 7.68. The molecule has 5 rings (SSSR count). The van der Waals surface area contributed by atoms with Gasteiger partial charge in [0.2, 0.25) is 0 Å². The summed E-state index contributed by atoms with van der Waals surface area (Å²) >= 11 is 0. The van der Waals surface area contributed by atoms with Crippen LogP contribution in [-0.2, 0) is 0 Å². The van der Waals surface area contributed by atoms with Crippen molar-refractivity contribution in [3.8, 4) is 5.75 Å². The van der Waals surface area contributed by atoms with Crippen molar-refractivity contribution in [2.75, 3.05) is 26.3 Å². The number of carbonyl (C=O) groups is 1. The van der Waals surface area contributed by atoms with E-state index in [-0.39, 0.29) is 29.6 Å². The minimum atomic E-state index is -0.527. The molecule has 6 heteroatoms. The molecule has 2 atom stereocenters. The zero-order chi connectivity index (χ0) is 19.3. The predicted octanol–water partition coefficient (Wildman–Crippen LogP) is 2.14. The molecule has 3 heterocycles. The van der Waals surface area contributed by atoms with Crippen LogP contribution in [0.15, 0.2) is 59.4 Å². The van der Waals surface area contributed by atoms with Crippen LogP contribution in [0.3, 0.4) is 0 Å². The standard InChI is InChI=1S/C22H20N2O4/c25-12-22-11-24(10-16(22)14-5-2-4-8-20(14)28-13-22)21(27)18-9-19(26)15-6-1-3-7-17(15)23-18/h1-9,16,25H,10-13H2,(H,23,26). The number of fused-ring (bicyclic) bond motifs is 4. The lowest BCUT2D eigenvalue weighted by molar-refractivity contribution is 0.0439. The fourth-order valence-electron chi connectivity index (χ4n) is 4.51. The van der Waals surface area contributed by atoms with E-state index in [0.29, 0.717) is 30.6 Å². The minimum absolute atomic E-state index is 0.00132. The first-order valence-corrected chi connectivity index (χ1v) is 9.35. The lowest BCUT2D eigenvalue weighted by Gasteiger charge is -2.37. The first-order chi connectivity index (χ1) is 13.6. The average molecular weight is 376 g/mol. The minimum Gasteiger partial charge on any atom is -0.493 e. The Morgan fingerprint density at radius 3 is 2.86 bits per heavy atom. The smallest absolute Gasteiger partial charge is 0.270 e. The second kappa shape index (κ2) is 6.21. The van der Waals surface area contributed by atoms with Crippen molar-refractivity contribution in [3.63, 3.8) is 0 Å². The molecule has 1 fully saturated rings. The zero-order valence-electron chi connectivity index (χ0n) is 15.2. The van der Waals surface area contributed by atoms with E-state index in [1.807, 2.05) is 30.3 Å². The van der Waals surface area contributed by atoms with Crippen LogP contribution in [0.1, 0.15) is 22.0 Å². The molecule has 1 aromatic heterocycles. The molecule has 0 radical (unpaired) electrons. The monoisotopic (exact) mass is 376 g/mol. The van der Waals surface area contributed by atoms with Gasteiger partial charge in [0.05, 0.1) is 18.6 Å². The van der Waals surface area contributed by atoms with Gasteiger partial charge in [-0.2, -0.15) is 0 Å². The topological polar surface area (TPSA) is 82.6 Å². The normalized spacial score (nSPS) is 23.2. The molecule has 0 spiro atoms. The van der Waals surface area contributed by atoms with Crippen molar-refractivity contribution < 1.29 is 14.6 Å². The van der Waals surface area contributed by atoms with E-state index in [2.05, 4.69) is 4.98 Å². The average Bonchev–Trinajstić information content (AvgIpc) is 3.14. The van der Waals surface area contributed by atoms with E-state index >= 15 is 0 Å². The highest BCUT2D eigenvalue weighted by Crippen LogP contribution is 2.49. The largest absolute Gasteiger partial charge is 0.493 e. The number of carbonyl (C=O) groups excluding carboxylic acids is 1. The number of rotatable bonds is 2. The molecule has 2 aliphatic rings. The van der Waals surface area contributed by atoms with Crippen LogP contribution in [0.2, 0.25) is 0 Å². The fourth-order valence-corrected chi connectivity index (χ4v) is 4.51. The molecular formula is C22H20N2O4. The van der Waals surface area contributed by atoms with Crippen molar-refractivity contribution in [2.24, 2.45) is 5.41 Å². The molecule has 3 aromatic rings. The first kappa shape index (κ1) is 17.0. The molecule has 2 unspecified atom stereocenters. The van der Waals surface area contributed by atoms with Crippen LogP contribution >= 0.6 is 0 Å². The Labute approximate surface area is 161 Å². The number of pyridine rings is 1. The highest BCUT2D eigenvalue weighted by Gasteiger charge is 2.52. The molecule has 2 aromatic carbocycles. The molecular weight excluding hydrogens is 356 g/mol. The van der Waals surface area contributed by atoms with Gasteiger partial charge in [-0.3, -0.25) is 9.59 Å². The third-order valence-electron chi connectivity index (χ3n) is 6.03. The quantitative estimate of drug-likeness (QED) is 0.718. The summed E-state index contributed by atoms with van der Waals surface area (Å²) in [7, 11) is 0. The highest BCUT2D eigenvalue weighted by atomic mass is 16.5. The number of nitrogens with one attached hydrogen (secondary N) is 1. The Balaban J connectivity index is 1.52. The Morgan fingerprint density at radius 1 is 1.21 bits per heavy atom. The molecule has 0 aliphatic carbocycles. The van der Waals surface area contributed by atoms with Gasteiger partial charge in [0.25, 0.3) is 5.91 Å². The number of para-hydroxylation sites is 2. The number of aromatic amines is 1. The fraction of sp³-hybridized carbons (Fsp3) is 0.273. The van der Waals surface area contributed by atoms with Crippen molar-refractivity contribution in [1.29, 1.82) is 0 Å². The summed E-state index contributed by atoms with van der Waals surface area (Å²) in [4.78, 5) is 30.4. The van der Waals surface area contributed by atoms with Crippen LogP contribution in [0, 0.1) is 5.41 Å². The van der Waals surface area contributed by atoms with E-state index in [9.17, 15) is 14.7 Å². The van der Waals surface area contributed by atoms with Crippen LogP contribution in [0.4, 0.5) is 0 Å². The number of nitrogens with zero attached hydrogens (tertiary/aromatic N) is 1. The van der Waals surface area contributed by atoms with E-state index in [1.54, 1.807) is 23.1 Å². The van der Waals surface area contributed by atoms with Crippen LogP contribution in [0.5, 0.6) is 5.75 Å². The number of H-pyrrole nitrogens is 1. The lowest BCUT2D eigenvalue weighted by Crippen LogP contribution is -2.42. The number of likely N-dealkylation sites (tertiary alicyclic amines) is 1. The number of aliphatic hydroxyl groups is 1. The van der Waals surface area contributed by atoms with Gasteiger partial charge in [-0.05, 0) is 23.8 Å². The highest BCUT2D eigenvalue weighted by molar-refractivity contribution is 5.95. The van der Waals surface area contributed by atoms with Crippen LogP contribution < -0.4 is 10.2 Å². The van der Waals surface area contributed by atoms with Gasteiger partial charge in [0.1, 0.15) is 11.4 Å². The summed E-state index contributed by atoms with van der Waals surface area (Å²) in [6, 6.07) is 16.3. The Hall–Kier alpha value is -3.12. The summed E-state index contributed by atoms with van der Waals surface area (Å²) in [5.74, 6) is 0.575. The van der Waals surface area contributed by atoms with Gasteiger partial charge in [0.15, 0.2) is 5.43 Å². The van der Waals surface area contributed by atoms with Gasteiger partial charge < -0.3 is 19.7 Å². The summed E-state index contributed by atoms with van der Waals surface area (Å²) in [6.45, 7) is 1.16. The van der Waals surface area contributed by atoms with Gasteiger partial charge in [0, 0.05) is 36.0 Å². The molecule has 0 bridgehead atoms. The first-order valence-electron chi connectivity index (χ1n) is 9.35. The Bertz CT molecular complexity index is 1140. The number of aromatic nitrogens is 1. The maximum absolute atomic E-state index is 13.2. The van der Waals surface area contributed by atoms with Gasteiger partial charge in [-0.25, -0.2) is 0 Å². The van der Waals surface area contributed by atoms with Crippen molar-refractivity contribution in [3.05, 3.63) is 76.1 Å². The Kier molecular flexibility index (Phi) is 3.77. The summed E-state index contributed by atoms with van der Waals surface area (Å²) < 4.78 is 5.89. The Morgan fingerprint density at radius 2 is 2.00 bits per heavy atom. The number of hydrogen-bond donors (Lipinski definition) is 2. The summed E-state index contributed by atoms with van der Waals surface area (Å²) in [5, 5.41) is 10.7. The molecule has 1 saturated heterocycles. The van der Waals surface area contributed by atoms with Gasteiger partial charge in [-0.15, -0.1) is 0 Å². The molecule has 1 amide bonds. The maximum Gasteiger partial charge on any atom is 0.270 e. The van der Waals surface area contributed by atoms with E-state index < -0.39 is 5.41 Å². The van der Waals surface area contributed by atoms with Crippen LogP contribution in [-0.4, -0.2) is 47.2 Å². The third kappa shape index (κ3) is 2.45. The van der Waals surface area contributed by atoms with Crippen molar-refractivity contribution >= 4 is 16.8 Å². The molecule has 2 N–H and O–H groups in total. The van der Waals surface area contributed by atoms with Gasteiger partial charge in [-0.1, -0.05) is 30.3 Å². The van der Waals surface area contributed by atoms with E-state index in [0.717, 1.165) is 11.3 Å². The van der Waals surface area contributed by atoms with Crippen molar-refractivity contribution in [2.45, 2.75) is 5.92 Å². The number of amides is 1. The number of aliphatic hydroxyl groups excluding tert-OH is 1. The van der Waals surface area contributed by atoms with Gasteiger partial charge >= 0.3 is 0 Å². The molecule has 6 nitrogen and oxygen atoms in total. The SMILES string of the molecule is O=C(c1cc(=O)c2ccccc2[nH]1)N1CC2c3ccccc3OCC2(CO)C1. The maximum atomic E-state index is 13.2. The number of benzene rings is 2. The zero-order valence-corrected chi connectivity index (χ0v) is 15.2. The molecule has 2 aliphatic heterocycles. The van der Waals surface area contributed by atoms with Crippen LogP contribution in [0.25, 0.3) is 10.9 Å². The summed E-state index contributed by atoms with van der Waals surface area (Å²) in [5.41, 5.74) is 1.22. The van der Waals surface area contributed by atoms with E-state index in [4.69, 9.17) is 4.74 Å². The third-order valence-corrected chi connectivity index (χ3v) is 6.03. The number of hydrogen-bond acceptors (Lipinski definition) is 4. The number of ether oxygens (including phenoxy) is 1. The predicted molar refractivity (Wildman–Crippen MR) is 105 cm³/mol. The molecule has 28 heavy (non-hydrogen) atoms.